The lowest BCUT2D eigenvalue weighted by atomic mass is 10.2. The van der Waals surface area contributed by atoms with Crippen LogP contribution in [0.4, 0.5) is 5.69 Å². The number of rotatable bonds is 4. The highest BCUT2D eigenvalue weighted by Crippen LogP contribution is 2.28. The monoisotopic (exact) mass is 331 g/mol. The summed E-state index contributed by atoms with van der Waals surface area (Å²) in [6.07, 6.45) is 5.45. The first-order chi connectivity index (χ1) is 10.9. The second-order valence-corrected chi connectivity index (χ2v) is 5.14. The van der Waals surface area contributed by atoms with Gasteiger partial charge < -0.3 is 22.0 Å². The molecular weight excluding hydrogens is 312 g/mol. The molecule has 1 aliphatic heterocycles. The Hall–Kier alpha value is -2.27. The summed E-state index contributed by atoms with van der Waals surface area (Å²) in [6, 6.07) is 12.1. The fourth-order valence-electron chi connectivity index (χ4n) is 2.54. The zero-order chi connectivity index (χ0) is 15.2. The molecule has 1 saturated heterocycles. The Morgan fingerprint density at radius 1 is 1.09 bits per heavy atom. The van der Waals surface area contributed by atoms with Crippen LogP contribution in [0.25, 0.3) is 0 Å². The molecule has 0 radical (unpaired) electrons. The maximum absolute atomic E-state index is 5.44. The van der Waals surface area contributed by atoms with Crippen LogP contribution < -0.4 is 22.0 Å². The number of nitrogens with zero attached hydrogens (tertiary/aromatic N) is 4. The summed E-state index contributed by atoms with van der Waals surface area (Å²) in [5, 5.41) is 6.63. The molecule has 5 nitrogen and oxygen atoms in total. The van der Waals surface area contributed by atoms with Crippen LogP contribution in [-0.2, 0) is 0 Å². The SMILES string of the molecule is COc1ccccc1N1CCN(N=Cc2cccnc2)CC1.[Cl-]. The van der Waals surface area contributed by atoms with Crippen molar-refractivity contribution in [3.05, 3.63) is 54.4 Å². The third kappa shape index (κ3) is 4.36. The highest BCUT2D eigenvalue weighted by molar-refractivity contribution is 5.78. The molecule has 2 aromatic rings. The summed E-state index contributed by atoms with van der Waals surface area (Å²) in [4.78, 5) is 6.43. The van der Waals surface area contributed by atoms with Gasteiger partial charge in [-0.15, -0.1) is 0 Å². The predicted molar refractivity (Wildman–Crippen MR) is 88.6 cm³/mol. The summed E-state index contributed by atoms with van der Waals surface area (Å²) in [5.74, 6) is 0.926. The van der Waals surface area contributed by atoms with Crippen LogP contribution in [-0.4, -0.2) is 49.5 Å². The summed E-state index contributed by atoms with van der Waals surface area (Å²) in [5.41, 5.74) is 2.18. The predicted octanol–water partition coefficient (Wildman–Crippen LogP) is -0.750. The van der Waals surface area contributed by atoms with Crippen molar-refractivity contribution in [3.63, 3.8) is 0 Å². The number of anilines is 1. The van der Waals surface area contributed by atoms with Crippen LogP contribution in [0.5, 0.6) is 5.75 Å². The van der Waals surface area contributed by atoms with Crippen molar-refractivity contribution in [2.45, 2.75) is 0 Å². The van der Waals surface area contributed by atoms with E-state index in [1.807, 2.05) is 42.7 Å². The number of pyridine rings is 1. The molecule has 0 atom stereocenters. The summed E-state index contributed by atoms with van der Waals surface area (Å²) < 4.78 is 5.44. The van der Waals surface area contributed by atoms with E-state index in [2.05, 4.69) is 26.1 Å². The molecule has 0 amide bonds. The molecule has 1 aromatic carbocycles. The van der Waals surface area contributed by atoms with E-state index >= 15 is 0 Å². The van der Waals surface area contributed by atoms with Crippen molar-refractivity contribution >= 4 is 11.9 Å². The van der Waals surface area contributed by atoms with E-state index in [4.69, 9.17) is 4.74 Å². The Labute approximate surface area is 143 Å². The minimum Gasteiger partial charge on any atom is -1.00 e. The highest BCUT2D eigenvalue weighted by Gasteiger charge is 2.18. The Bertz CT molecular complexity index is 628. The number of benzene rings is 1. The molecule has 1 fully saturated rings. The molecule has 0 bridgehead atoms. The van der Waals surface area contributed by atoms with E-state index < -0.39 is 0 Å². The zero-order valence-electron chi connectivity index (χ0n) is 13.1. The first kappa shape index (κ1) is 17.1. The minimum atomic E-state index is 0. The van der Waals surface area contributed by atoms with Crippen LogP contribution in [0.3, 0.4) is 0 Å². The van der Waals surface area contributed by atoms with Crippen LogP contribution in [0.1, 0.15) is 5.56 Å². The average molecular weight is 332 g/mol. The number of piperazine rings is 1. The third-order valence-corrected chi connectivity index (χ3v) is 3.74. The molecule has 0 spiro atoms. The first-order valence-corrected chi connectivity index (χ1v) is 7.44. The van der Waals surface area contributed by atoms with Crippen molar-refractivity contribution in [2.24, 2.45) is 5.10 Å². The van der Waals surface area contributed by atoms with Gasteiger partial charge in [0.2, 0.25) is 0 Å². The number of methoxy groups -OCH3 is 1. The van der Waals surface area contributed by atoms with Crippen molar-refractivity contribution in [3.8, 4) is 5.75 Å². The molecule has 3 rings (SSSR count). The second kappa shape index (κ2) is 8.39. The van der Waals surface area contributed by atoms with E-state index in [9.17, 15) is 0 Å². The lowest BCUT2D eigenvalue weighted by molar-refractivity contribution is -0.00000475. The number of hydrogen-bond donors (Lipinski definition) is 0. The second-order valence-electron chi connectivity index (χ2n) is 5.14. The molecule has 122 valence electrons. The molecule has 1 aliphatic rings. The smallest absolute Gasteiger partial charge is 0.142 e. The molecule has 0 N–H and O–H groups in total. The van der Waals surface area contributed by atoms with E-state index in [0.29, 0.717) is 0 Å². The lowest BCUT2D eigenvalue weighted by Gasteiger charge is -2.35. The largest absolute Gasteiger partial charge is 1.00 e. The Morgan fingerprint density at radius 3 is 2.57 bits per heavy atom. The van der Waals surface area contributed by atoms with Crippen molar-refractivity contribution in [1.82, 2.24) is 9.99 Å². The number of hydrazone groups is 1. The van der Waals surface area contributed by atoms with Crippen LogP contribution in [0, 0.1) is 0 Å². The fraction of sp³-hybridized carbons (Fsp3) is 0.294. The summed E-state index contributed by atoms with van der Waals surface area (Å²) >= 11 is 0. The zero-order valence-corrected chi connectivity index (χ0v) is 13.9. The molecule has 0 unspecified atom stereocenters. The van der Waals surface area contributed by atoms with Gasteiger partial charge in [-0.25, -0.2) is 0 Å². The van der Waals surface area contributed by atoms with Gasteiger partial charge >= 0.3 is 0 Å². The van der Waals surface area contributed by atoms with Gasteiger partial charge in [0.25, 0.3) is 0 Å². The first-order valence-electron chi connectivity index (χ1n) is 7.44. The van der Waals surface area contributed by atoms with E-state index in [-0.39, 0.29) is 12.4 Å². The number of ether oxygens (including phenoxy) is 1. The minimum absolute atomic E-state index is 0. The molecule has 0 aliphatic carbocycles. The fourth-order valence-corrected chi connectivity index (χ4v) is 2.54. The van der Waals surface area contributed by atoms with Crippen molar-refractivity contribution < 1.29 is 17.1 Å². The molecule has 23 heavy (non-hydrogen) atoms. The maximum atomic E-state index is 5.44. The van der Waals surface area contributed by atoms with Gasteiger partial charge in [-0.2, -0.15) is 5.10 Å². The number of hydrogen-bond acceptors (Lipinski definition) is 5. The molecular formula is C17H20ClN4O-. The number of halogens is 1. The van der Waals surface area contributed by atoms with Gasteiger partial charge in [0.1, 0.15) is 5.75 Å². The molecule has 0 saturated carbocycles. The van der Waals surface area contributed by atoms with Gasteiger partial charge in [-0.05, 0) is 18.2 Å². The molecule has 1 aromatic heterocycles. The van der Waals surface area contributed by atoms with Crippen LogP contribution >= 0.6 is 0 Å². The quantitative estimate of drug-likeness (QED) is 0.691. The van der Waals surface area contributed by atoms with Crippen molar-refractivity contribution in [2.75, 3.05) is 38.2 Å². The van der Waals surface area contributed by atoms with E-state index in [1.54, 1.807) is 13.3 Å². The highest BCUT2D eigenvalue weighted by atomic mass is 35.5. The Kier molecular flexibility index (Phi) is 6.23. The average Bonchev–Trinajstić information content (AvgIpc) is 2.61. The van der Waals surface area contributed by atoms with Gasteiger partial charge in [0.05, 0.1) is 32.1 Å². The topological polar surface area (TPSA) is 41.0 Å². The van der Waals surface area contributed by atoms with E-state index in [1.165, 1.54) is 0 Å². The molecule has 2 heterocycles. The number of para-hydroxylation sites is 2. The normalized spacial score (nSPS) is 14.7. The summed E-state index contributed by atoms with van der Waals surface area (Å²) in [6.45, 7) is 3.67. The van der Waals surface area contributed by atoms with Gasteiger partial charge in [-0.1, -0.05) is 18.2 Å². The Morgan fingerprint density at radius 2 is 1.87 bits per heavy atom. The van der Waals surface area contributed by atoms with Crippen LogP contribution in [0.2, 0.25) is 0 Å². The lowest BCUT2D eigenvalue weighted by Crippen LogP contribution is -3.00. The van der Waals surface area contributed by atoms with Gasteiger partial charge in [0.15, 0.2) is 0 Å². The molecule has 6 heteroatoms. The van der Waals surface area contributed by atoms with Gasteiger partial charge in [0, 0.05) is 31.0 Å². The van der Waals surface area contributed by atoms with Crippen molar-refractivity contribution in [1.29, 1.82) is 0 Å². The van der Waals surface area contributed by atoms with Crippen LogP contribution in [0.15, 0.2) is 53.9 Å². The summed E-state index contributed by atoms with van der Waals surface area (Å²) in [7, 11) is 1.72. The standard InChI is InChI=1S/C17H20N4O.ClH/c1-22-17-7-3-2-6-16(17)20-9-11-21(12-10-20)19-14-15-5-4-8-18-13-15;/h2-8,13-14H,9-12H2,1H3;1H/p-1. The number of aromatic nitrogens is 1. The third-order valence-electron chi connectivity index (χ3n) is 3.74. The Balaban J connectivity index is 0.00000192. The maximum Gasteiger partial charge on any atom is 0.142 e. The van der Waals surface area contributed by atoms with Gasteiger partial charge in [-0.3, -0.25) is 9.99 Å². The van der Waals surface area contributed by atoms with E-state index in [0.717, 1.165) is 43.2 Å².